The molecule has 0 spiro atoms. The highest BCUT2D eigenvalue weighted by molar-refractivity contribution is 5.09. The molecule has 1 saturated heterocycles. The molecule has 0 unspecified atom stereocenters. The van der Waals surface area contributed by atoms with Crippen LogP contribution in [0.2, 0.25) is 0 Å². The topological polar surface area (TPSA) is 29.3 Å². The summed E-state index contributed by atoms with van der Waals surface area (Å²) in [4.78, 5) is 2.38. The fourth-order valence-corrected chi connectivity index (χ4v) is 3.20. The van der Waals surface area contributed by atoms with Crippen LogP contribution in [0.25, 0.3) is 0 Å². The lowest BCUT2D eigenvalue weighted by molar-refractivity contribution is 0.266. The third kappa shape index (κ3) is 0.944. The molecule has 2 nitrogen and oxygen atoms in total. The average molecular weight is 168 g/mol. The second kappa shape index (κ2) is 2.46. The second-order valence-corrected chi connectivity index (χ2v) is 5.01. The molecule has 0 bridgehead atoms. The largest absolute Gasteiger partial charge is 0.324 e. The van der Waals surface area contributed by atoms with Gasteiger partial charge in [-0.1, -0.05) is 13.8 Å². The zero-order valence-electron chi connectivity index (χ0n) is 8.38. The summed E-state index contributed by atoms with van der Waals surface area (Å²) in [6, 6.07) is 0. The van der Waals surface area contributed by atoms with Gasteiger partial charge in [-0.15, -0.1) is 0 Å². The van der Waals surface area contributed by atoms with Gasteiger partial charge in [0.25, 0.3) is 0 Å². The summed E-state index contributed by atoms with van der Waals surface area (Å²) in [6.45, 7) is 6.98. The summed E-state index contributed by atoms with van der Waals surface area (Å²) in [5.41, 5.74) is 6.58. The van der Waals surface area contributed by atoms with Gasteiger partial charge >= 0.3 is 0 Å². The van der Waals surface area contributed by atoms with Gasteiger partial charge in [0, 0.05) is 18.6 Å². The van der Waals surface area contributed by atoms with E-state index in [1.54, 1.807) is 0 Å². The maximum Gasteiger partial charge on any atom is 0.0352 e. The molecule has 70 valence electrons. The van der Waals surface area contributed by atoms with Crippen molar-refractivity contribution in [1.29, 1.82) is 0 Å². The molecule has 2 N–H and O–H groups in total. The molecule has 2 heteroatoms. The number of nitrogens with two attached hydrogens (primary N) is 1. The molecule has 1 aliphatic heterocycles. The van der Waals surface area contributed by atoms with Crippen LogP contribution in [0.3, 0.4) is 0 Å². The van der Waals surface area contributed by atoms with Crippen molar-refractivity contribution in [2.24, 2.45) is 23.5 Å². The van der Waals surface area contributed by atoms with Crippen molar-refractivity contribution in [2.75, 3.05) is 20.1 Å². The van der Waals surface area contributed by atoms with Crippen molar-refractivity contribution >= 4 is 0 Å². The van der Waals surface area contributed by atoms with Gasteiger partial charge in [-0.3, -0.25) is 0 Å². The van der Waals surface area contributed by atoms with Gasteiger partial charge < -0.3 is 10.6 Å². The van der Waals surface area contributed by atoms with Gasteiger partial charge in [0.15, 0.2) is 0 Å². The number of hydrogen-bond acceptors (Lipinski definition) is 2. The molecule has 0 radical (unpaired) electrons. The predicted octanol–water partition coefficient (Wildman–Crippen LogP) is 0.921. The fraction of sp³-hybridized carbons (Fsp3) is 1.00. The highest BCUT2D eigenvalue weighted by Gasteiger charge is 2.52. The average Bonchev–Trinajstić information content (AvgIpc) is 2.34. The van der Waals surface area contributed by atoms with E-state index < -0.39 is 0 Å². The molecule has 2 aliphatic rings. The summed E-state index contributed by atoms with van der Waals surface area (Å²) < 4.78 is 0. The number of nitrogens with zero attached hydrogens (tertiary/aromatic N) is 1. The Morgan fingerprint density at radius 3 is 2.67 bits per heavy atom. The van der Waals surface area contributed by atoms with Crippen LogP contribution in [0, 0.1) is 17.8 Å². The SMILES string of the molecule is C[C@H]1C[C@@H]2CN(C)C[C@]2(N)[C@H]1C. The van der Waals surface area contributed by atoms with Gasteiger partial charge in [0.05, 0.1) is 0 Å². The predicted molar refractivity (Wildman–Crippen MR) is 50.9 cm³/mol. The van der Waals surface area contributed by atoms with Crippen molar-refractivity contribution in [3.8, 4) is 0 Å². The first-order valence-electron chi connectivity index (χ1n) is 5.01. The molecule has 0 aromatic carbocycles. The van der Waals surface area contributed by atoms with Crippen molar-refractivity contribution in [1.82, 2.24) is 4.90 Å². The van der Waals surface area contributed by atoms with E-state index >= 15 is 0 Å². The number of likely N-dealkylation sites (N-methyl/N-ethyl adjacent to an activating group) is 1. The molecule has 2 rings (SSSR count). The Kier molecular flexibility index (Phi) is 1.74. The summed E-state index contributed by atoms with van der Waals surface area (Å²) in [5, 5.41) is 0. The van der Waals surface area contributed by atoms with Crippen LogP contribution in [0.15, 0.2) is 0 Å². The third-order valence-corrected chi connectivity index (χ3v) is 4.19. The first kappa shape index (κ1) is 8.52. The van der Waals surface area contributed by atoms with Crippen LogP contribution in [-0.4, -0.2) is 30.6 Å². The minimum Gasteiger partial charge on any atom is -0.324 e. The van der Waals surface area contributed by atoms with E-state index in [1.165, 1.54) is 13.0 Å². The first-order valence-corrected chi connectivity index (χ1v) is 5.01. The lowest BCUT2D eigenvalue weighted by Crippen LogP contribution is -2.49. The minimum absolute atomic E-state index is 0.133. The summed E-state index contributed by atoms with van der Waals surface area (Å²) in [7, 11) is 2.18. The highest BCUT2D eigenvalue weighted by Crippen LogP contribution is 2.46. The molecule has 2 fully saturated rings. The van der Waals surface area contributed by atoms with Crippen LogP contribution >= 0.6 is 0 Å². The van der Waals surface area contributed by atoms with Gasteiger partial charge in [-0.2, -0.15) is 0 Å². The Morgan fingerprint density at radius 1 is 1.42 bits per heavy atom. The maximum atomic E-state index is 6.45. The molecular formula is C10H20N2. The fourth-order valence-electron chi connectivity index (χ4n) is 3.20. The van der Waals surface area contributed by atoms with Crippen LogP contribution < -0.4 is 5.73 Å². The zero-order chi connectivity index (χ0) is 8.93. The van der Waals surface area contributed by atoms with Crippen LogP contribution in [0.5, 0.6) is 0 Å². The smallest absolute Gasteiger partial charge is 0.0352 e. The van der Waals surface area contributed by atoms with E-state index in [1.807, 2.05) is 0 Å². The van der Waals surface area contributed by atoms with Gasteiger partial charge in [-0.25, -0.2) is 0 Å². The standard InChI is InChI=1S/C10H20N2/c1-7-4-9-5-12(3)6-10(9,11)8(7)2/h7-9H,4-6,11H2,1-3H3/t7-,8-,9+,10-/m0/s1. The Bertz CT molecular complexity index is 192. The lowest BCUT2D eigenvalue weighted by Gasteiger charge is -2.29. The van der Waals surface area contributed by atoms with Gasteiger partial charge in [-0.05, 0) is 31.2 Å². The molecule has 0 aromatic rings. The van der Waals surface area contributed by atoms with Crippen LogP contribution in [0.1, 0.15) is 20.3 Å². The normalized spacial score (nSPS) is 54.5. The minimum atomic E-state index is 0.133. The summed E-state index contributed by atoms with van der Waals surface area (Å²) in [6.07, 6.45) is 1.34. The molecule has 4 atom stereocenters. The third-order valence-electron chi connectivity index (χ3n) is 4.19. The Morgan fingerprint density at radius 2 is 2.08 bits per heavy atom. The van der Waals surface area contributed by atoms with Crippen molar-refractivity contribution < 1.29 is 0 Å². The Labute approximate surface area is 75.1 Å². The Hall–Kier alpha value is -0.0800. The quantitative estimate of drug-likeness (QED) is 0.583. The first-order chi connectivity index (χ1) is 5.54. The van der Waals surface area contributed by atoms with Crippen LogP contribution in [0.4, 0.5) is 0 Å². The maximum absolute atomic E-state index is 6.45. The molecule has 1 heterocycles. The number of hydrogen-bond donors (Lipinski definition) is 1. The summed E-state index contributed by atoms with van der Waals surface area (Å²) in [5.74, 6) is 2.29. The van der Waals surface area contributed by atoms with Crippen molar-refractivity contribution in [2.45, 2.75) is 25.8 Å². The number of rotatable bonds is 0. The number of fused-ring (bicyclic) bond motifs is 1. The van der Waals surface area contributed by atoms with Crippen LogP contribution in [-0.2, 0) is 0 Å². The van der Waals surface area contributed by atoms with Crippen molar-refractivity contribution in [3.63, 3.8) is 0 Å². The van der Waals surface area contributed by atoms with Crippen molar-refractivity contribution in [3.05, 3.63) is 0 Å². The monoisotopic (exact) mass is 168 g/mol. The van der Waals surface area contributed by atoms with E-state index in [0.29, 0.717) is 5.92 Å². The molecule has 1 aliphatic carbocycles. The molecule has 0 aromatic heterocycles. The van der Waals surface area contributed by atoms with Gasteiger partial charge in [0.2, 0.25) is 0 Å². The molecule has 1 saturated carbocycles. The zero-order valence-corrected chi connectivity index (χ0v) is 8.38. The second-order valence-electron chi connectivity index (χ2n) is 5.01. The van der Waals surface area contributed by atoms with E-state index in [4.69, 9.17) is 5.73 Å². The molecule has 0 amide bonds. The Balaban J connectivity index is 2.21. The molecule has 12 heavy (non-hydrogen) atoms. The van der Waals surface area contributed by atoms with E-state index in [2.05, 4.69) is 25.8 Å². The lowest BCUT2D eigenvalue weighted by atomic mass is 9.83. The highest BCUT2D eigenvalue weighted by atomic mass is 15.2. The molecular weight excluding hydrogens is 148 g/mol. The van der Waals surface area contributed by atoms with Gasteiger partial charge in [0.1, 0.15) is 0 Å². The van der Waals surface area contributed by atoms with E-state index in [0.717, 1.165) is 18.4 Å². The summed E-state index contributed by atoms with van der Waals surface area (Å²) >= 11 is 0. The van der Waals surface area contributed by atoms with E-state index in [9.17, 15) is 0 Å². The number of likely N-dealkylation sites (tertiary alicyclic amines) is 1. The van der Waals surface area contributed by atoms with E-state index in [-0.39, 0.29) is 5.54 Å².